The van der Waals surface area contributed by atoms with E-state index in [4.69, 9.17) is 0 Å². The van der Waals surface area contributed by atoms with Crippen LogP contribution in [0.3, 0.4) is 0 Å². The fourth-order valence-electron chi connectivity index (χ4n) is 9.05. The van der Waals surface area contributed by atoms with Gasteiger partial charge in [0.25, 0.3) is 0 Å². The van der Waals surface area contributed by atoms with Crippen molar-refractivity contribution in [3.05, 3.63) is 11.6 Å². The molecule has 3 saturated carbocycles. The van der Waals surface area contributed by atoms with Gasteiger partial charge in [0, 0.05) is 6.42 Å². The fraction of sp³-hybridized carbons (Fsp3) is 0.931. The highest BCUT2D eigenvalue weighted by molar-refractivity contribution is 7.96. The molecule has 4 rings (SSSR count). The van der Waals surface area contributed by atoms with E-state index >= 15 is 0 Å². The Balaban J connectivity index is 1.48. The highest BCUT2D eigenvalue weighted by Gasteiger charge is 2.59. The smallest absolute Gasteiger partial charge is 0.0843 e. The van der Waals surface area contributed by atoms with E-state index in [1.165, 1.54) is 70.6 Å². The van der Waals surface area contributed by atoms with E-state index in [2.05, 4.69) is 53.2 Å². The van der Waals surface area contributed by atoms with Crippen molar-refractivity contribution < 1.29 is 0 Å². The summed E-state index contributed by atoms with van der Waals surface area (Å²) in [6.45, 7) is 12.8. The zero-order chi connectivity index (χ0) is 21.7. The molecule has 4 aliphatic carbocycles. The van der Waals surface area contributed by atoms with E-state index in [0.29, 0.717) is 21.7 Å². The zero-order valence-electron chi connectivity index (χ0n) is 21.3. The lowest BCUT2D eigenvalue weighted by atomic mass is 9.47. The van der Waals surface area contributed by atoms with E-state index in [-0.39, 0.29) is 0 Å². The Morgan fingerprint density at radius 2 is 1.73 bits per heavy atom. The van der Waals surface area contributed by atoms with E-state index in [0.717, 1.165) is 40.8 Å². The molecule has 0 nitrogen and oxygen atoms in total. The lowest BCUT2D eigenvalue weighted by molar-refractivity contribution is -0.0497. The van der Waals surface area contributed by atoms with Crippen molar-refractivity contribution in [3.8, 4) is 0 Å². The summed E-state index contributed by atoms with van der Waals surface area (Å²) >= 11 is 0. The summed E-state index contributed by atoms with van der Waals surface area (Å²) in [5.41, 5.74) is 3.07. The molecular weight excluding hydrogens is 380 g/mol. The molecule has 0 aromatic heterocycles. The quantitative estimate of drug-likeness (QED) is 0.293. The van der Waals surface area contributed by atoms with E-state index in [1.54, 1.807) is 0 Å². The van der Waals surface area contributed by atoms with Crippen molar-refractivity contribution in [2.24, 2.45) is 46.3 Å². The largest absolute Gasteiger partial charge is 0.121 e. The molecular formula is C29H51S+. The number of fused-ring (bicyclic) bond motifs is 5. The lowest BCUT2D eigenvalue weighted by Crippen LogP contribution is -2.51. The van der Waals surface area contributed by atoms with Gasteiger partial charge < -0.3 is 0 Å². The van der Waals surface area contributed by atoms with Crippen LogP contribution in [0.2, 0.25) is 0 Å². The van der Waals surface area contributed by atoms with Crippen LogP contribution in [0.15, 0.2) is 11.6 Å². The van der Waals surface area contributed by atoms with Crippen molar-refractivity contribution >= 4 is 10.9 Å². The van der Waals surface area contributed by atoms with Crippen LogP contribution in [-0.4, -0.2) is 17.8 Å². The van der Waals surface area contributed by atoms with Crippen LogP contribution in [0, 0.1) is 46.3 Å². The predicted octanol–water partition coefficient (Wildman–Crippen LogP) is 8.27. The molecule has 0 spiro atoms. The molecule has 3 fully saturated rings. The maximum Gasteiger partial charge on any atom is 0.121 e. The molecule has 8 atom stereocenters. The van der Waals surface area contributed by atoms with Gasteiger partial charge in [-0.15, -0.1) is 0 Å². The molecule has 0 amide bonds. The van der Waals surface area contributed by atoms with Gasteiger partial charge in [-0.1, -0.05) is 65.5 Å². The fourth-order valence-corrected chi connectivity index (χ4v) is 10.2. The first-order valence-electron chi connectivity index (χ1n) is 13.4. The predicted molar refractivity (Wildman–Crippen MR) is 136 cm³/mol. The van der Waals surface area contributed by atoms with Crippen molar-refractivity contribution in [2.75, 3.05) is 12.5 Å². The van der Waals surface area contributed by atoms with Crippen molar-refractivity contribution in [1.82, 2.24) is 0 Å². The van der Waals surface area contributed by atoms with Gasteiger partial charge in [0.15, 0.2) is 0 Å². The first kappa shape index (κ1) is 23.3. The van der Waals surface area contributed by atoms with Crippen molar-refractivity contribution in [1.29, 1.82) is 0 Å². The molecule has 0 aromatic rings. The highest BCUT2D eigenvalue weighted by atomic mass is 32.2. The maximum atomic E-state index is 2.78. The van der Waals surface area contributed by atoms with Crippen LogP contribution in [0.5, 0.6) is 0 Å². The Labute approximate surface area is 191 Å². The van der Waals surface area contributed by atoms with E-state index in [9.17, 15) is 0 Å². The molecule has 0 bridgehead atoms. The third-order valence-corrected chi connectivity index (χ3v) is 12.7. The van der Waals surface area contributed by atoms with Crippen LogP contribution in [0.1, 0.15) is 105 Å². The normalized spacial score (nSPS) is 44.4. The first-order valence-corrected chi connectivity index (χ1v) is 15.5. The average Bonchev–Trinajstić information content (AvgIpc) is 3.04. The molecule has 1 heteroatoms. The Bertz CT molecular complexity index is 632. The van der Waals surface area contributed by atoms with Gasteiger partial charge in [0.05, 0.1) is 12.5 Å². The Morgan fingerprint density at radius 1 is 0.967 bits per heavy atom. The van der Waals surface area contributed by atoms with Gasteiger partial charge in [0.2, 0.25) is 0 Å². The maximum absolute atomic E-state index is 2.78. The van der Waals surface area contributed by atoms with Crippen LogP contribution < -0.4 is 0 Å². The summed E-state index contributed by atoms with van der Waals surface area (Å²) in [5.74, 6) is 5.78. The Hall–Kier alpha value is 0.0900. The molecule has 0 unspecified atom stereocenters. The van der Waals surface area contributed by atoms with Crippen LogP contribution in [0.4, 0.5) is 0 Å². The van der Waals surface area contributed by atoms with E-state index in [1.807, 2.05) is 5.57 Å². The third-order valence-electron chi connectivity index (χ3n) is 10.9. The van der Waals surface area contributed by atoms with Gasteiger partial charge in [-0.2, -0.15) is 0 Å². The van der Waals surface area contributed by atoms with Gasteiger partial charge >= 0.3 is 0 Å². The average molecular weight is 432 g/mol. The van der Waals surface area contributed by atoms with Crippen LogP contribution >= 0.6 is 0 Å². The topological polar surface area (TPSA) is 0 Å². The van der Waals surface area contributed by atoms with Crippen LogP contribution in [-0.2, 0) is 10.9 Å². The lowest BCUT2D eigenvalue weighted by Gasteiger charge is -2.58. The second-order valence-corrected chi connectivity index (χ2v) is 15.5. The number of allylic oxidation sites excluding steroid dienone is 2. The molecule has 0 radical (unpaired) electrons. The summed E-state index contributed by atoms with van der Waals surface area (Å²) in [5, 5.41) is 0.970. The van der Waals surface area contributed by atoms with Gasteiger partial charge in [-0.25, -0.2) is 0 Å². The number of rotatable bonds is 6. The summed E-state index contributed by atoms with van der Waals surface area (Å²) in [6.07, 6.45) is 24.0. The Kier molecular flexibility index (Phi) is 6.82. The minimum Gasteiger partial charge on any atom is -0.0843 e. The number of hydrogen-bond donors (Lipinski definition) is 0. The van der Waals surface area contributed by atoms with Gasteiger partial charge in [-0.3, -0.25) is 0 Å². The summed E-state index contributed by atoms with van der Waals surface area (Å²) in [4.78, 5) is 0. The second-order valence-electron chi connectivity index (χ2n) is 13.0. The highest BCUT2D eigenvalue weighted by Crippen LogP contribution is 2.67. The molecule has 4 aliphatic rings. The summed E-state index contributed by atoms with van der Waals surface area (Å²) in [7, 11) is 0.587. The third kappa shape index (κ3) is 3.97. The molecule has 0 saturated heterocycles. The SMILES string of the molecule is CC(C)CCC[C@@H](C)[C@H]1CC[C@H]2[C@@H]3CC=C4C[C@H]([S+](C)C)CC[C@]4(C)[C@H]3CC[C@]12C. The van der Waals surface area contributed by atoms with E-state index < -0.39 is 0 Å². The minimum atomic E-state index is 0.543. The van der Waals surface area contributed by atoms with Crippen molar-refractivity contribution in [2.45, 2.75) is 110 Å². The first-order chi connectivity index (χ1) is 14.2. The van der Waals surface area contributed by atoms with Crippen molar-refractivity contribution in [3.63, 3.8) is 0 Å². The Morgan fingerprint density at radius 3 is 2.43 bits per heavy atom. The molecule has 172 valence electrons. The van der Waals surface area contributed by atoms with Crippen LogP contribution in [0.25, 0.3) is 0 Å². The van der Waals surface area contributed by atoms with Gasteiger partial charge in [-0.05, 0) is 102 Å². The molecule has 0 aromatic carbocycles. The minimum absolute atomic E-state index is 0.543. The summed E-state index contributed by atoms with van der Waals surface area (Å²) in [6, 6.07) is 0. The summed E-state index contributed by atoms with van der Waals surface area (Å²) < 4.78 is 0. The van der Waals surface area contributed by atoms with Gasteiger partial charge in [0.1, 0.15) is 5.25 Å². The number of hydrogen-bond acceptors (Lipinski definition) is 0. The standard InChI is InChI=1S/C29H51S/c1-20(2)9-8-10-21(3)25-13-14-26-24-12-11-22-19-23(30(6)7)15-17-28(22,4)27(24)16-18-29(25,26)5/h11,20-21,23-27H,8-10,12-19H2,1-7H3/q+1/t21-,23-,24+,25-,26+,27+,28+,29-/m1/s1. The zero-order valence-corrected chi connectivity index (χ0v) is 22.1. The molecule has 0 heterocycles. The second kappa shape index (κ2) is 8.79. The monoisotopic (exact) mass is 431 g/mol. The molecule has 0 aliphatic heterocycles. The molecule has 0 N–H and O–H groups in total. The molecule has 30 heavy (non-hydrogen) atoms.